The molecule has 2 aliphatic carbocycles. The van der Waals surface area contributed by atoms with Crippen molar-refractivity contribution in [1.29, 1.82) is 0 Å². The molecule has 2 aliphatic rings. The Hall–Kier alpha value is -4.35. The van der Waals surface area contributed by atoms with Crippen molar-refractivity contribution in [1.82, 2.24) is 9.97 Å². The number of carbonyl (C=O) groups excluding carboxylic acids is 2. The van der Waals surface area contributed by atoms with Crippen molar-refractivity contribution < 1.29 is 37.0 Å². The van der Waals surface area contributed by atoms with Crippen LogP contribution in [0.2, 0.25) is 0 Å². The minimum absolute atomic E-state index is 0.00653. The van der Waals surface area contributed by atoms with E-state index in [4.69, 9.17) is 20.2 Å². The number of carbonyl (C=O) groups is 2. The smallest absolute Gasteiger partial charge is 0.493 e. The molecule has 0 aliphatic heterocycles. The van der Waals surface area contributed by atoms with Crippen molar-refractivity contribution >= 4 is 17.5 Å². The maximum atomic E-state index is 13.4. The van der Waals surface area contributed by atoms with Gasteiger partial charge in [-0.25, -0.2) is 9.97 Å². The zero-order valence-corrected chi connectivity index (χ0v) is 20.2. The van der Waals surface area contributed by atoms with E-state index < -0.39 is 23.9 Å². The van der Waals surface area contributed by atoms with Gasteiger partial charge in [-0.05, 0) is 67.5 Å². The highest BCUT2D eigenvalue weighted by molar-refractivity contribution is 6.05. The molecule has 3 aromatic rings. The zero-order valence-electron chi connectivity index (χ0n) is 20.2. The summed E-state index contributed by atoms with van der Waals surface area (Å²) in [5.41, 5.74) is 7.41. The third-order valence-corrected chi connectivity index (χ3v) is 6.11. The summed E-state index contributed by atoms with van der Waals surface area (Å²) in [6, 6.07) is 8.03. The topological polar surface area (TPSA) is 126 Å². The minimum atomic E-state index is -4.87. The van der Waals surface area contributed by atoms with Gasteiger partial charge in [0.25, 0.3) is 11.8 Å². The molecule has 0 saturated heterocycles. The second-order valence-corrected chi connectivity index (χ2v) is 9.07. The van der Waals surface area contributed by atoms with Gasteiger partial charge in [0.15, 0.2) is 22.9 Å². The van der Waals surface area contributed by atoms with E-state index in [1.54, 1.807) is 6.07 Å². The number of benzene rings is 1. The van der Waals surface area contributed by atoms with E-state index >= 15 is 0 Å². The maximum Gasteiger partial charge on any atom is 0.573 e. The lowest BCUT2D eigenvalue weighted by molar-refractivity contribution is -0.274. The molecule has 2 amide bonds. The molecule has 5 rings (SSSR count). The van der Waals surface area contributed by atoms with Crippen LogP contribution in [0.15, 0.2) is 42.6 Å². The molecule has 198 valence electrons. The Kier molecular flexibility index (Phi) is 6.55. The average Bonchev–Trinajstić information content (AvgIpc) is 3.77. The van der Waals surface area contributed by atoms with Crippen molar-refractivity contribution in [2.75, 3.05) is 12.4 Å². The molecule has 0 radical (unpaired) electrons. The van der Waals surface area contributed by atoms with Gasteiger partial charge in [0.1, 0.15) is 11.4 Å². The predicted molar refractivity (Wildman–Crippen MR) is 129 cm³/mol. The van der Waals surface area contributed by atoms with Crippen LogP contribution in [0.5, 0.6) is 23.0 Å². The number of hydrogen-bond donors (Lipinski definition) is 2. The molecule has 2 heterocycles. The summed E-state index contributed by atoms with van der Waals surface area (Å²) >= 11 is 0. The van der Waals surface area contributed by atoms with E-state index in [1.807, 2.05) is 0 Å². The largest absolute Gasteiger partial charge is 0.573 e. The van der Waals surface area contributed by atoms with Crippen molar-refractivity contribution in [3.05, 3.63) is 65.2 Å². The summed E-state index contributed by atoms with van der Waals surface area (Å²) in [4.78, 5) is 33.3. The first-order valence-corrected chi connectivity index (χ1v) is 11.8. The fourth-order valence-electron chi connectivity index (χ4n) is 4.02. The van der Waals surface area contributed by atoms with Gasteiger partial charge in [0.05, 0.1) is 19.0 Å². The lowest BCUT2D eigenvalue weighted by Crippen LogP contribution is -2.18. The fraction of sp³-hybridized carbons (Fsp3) is 0.308. The molecular weight excluding hydrogens is 505 g/mol. The average molecular weight is 528 g/mol. The number of pyridine rings is 2. The Morgan fingerprint density at radius 3 is 2.32 bits per heavy atom. The molecule has 1 aromatic carbocycles. The van der Waals surface area contributed by atoms with Gasteiger partial charge in [-0.15, -0.1) is 13.2 Å². The lowest BCUT2D eigenvalue weighted by Gasteiger charge is -2.18. The van der Waals surface area contributed by atoms with Crippen LogP contribution in [0.25, 0.3) is 0 Å². The van der Waals surface area contributed by atoms with E-state index in [-0.39, 0.29) is 34.6 Å². The number of primary amides is 1. The SMILES string of the molecule is COc1cc(OC(F)(F)F)ccc1Oc1cc(C2CC2)c(C2CC2)nc1C(=O)Nc1ccc(C(N)=O)nc1. The number of amides is 2. The third-order valence-electron chi connectivity index (χ3n) is 6.11. The second kappa shape index (κ2) is 9.84. The number of rotatable bonds is 9. The second-order valence-electron chi connectivity index (χ2n) is 9.07. The number of nitrogens with zero attached hydrogens (tertiary/aromatic N) is 2. The number of nitrogens with one attached hydrogen (secondary N) is 1. The first-order chi connectivity index (χ1) is 18.1. The molecule has 3 N–H and O–H groups in total. The van der Waals surface area contributed by atoms with Gasteiger partial charge >= 0.3 is 6.36 Å². The Morgan fingerprint density at radius 2 is 1.74 bits per heavy atom. The molecule has 0 unspecified atom stereocenters. The lowest BCUT2D eigenvalue weighted by atomic mass is 10.0. The number of aromatic nitrogens is 2. The first kappa shape index (κ1) is 25.3. The number of nitrogens with two attached hydrogens (primary N) is 1. The minimum Gasteiger partial charge on any atom is -0.493 e. The van der Waals surface area contributed by atoms with Crippen LogP contribution in [0.4, 0.5) is 18.9 Å². The van der Waals surface area contributed by atoms with E-state index in [0.29, 0.717) is 11.6 Å². The molecule has 12 heteroatoms. The quantitative estimate of drug-likeness (QED) is 0.387. The molecule has 2 saturated carbocycles. The Morgan fingerprint density at radius 1 is 1.00 bits per heavy atom. The summed E-state index contributed by atoms with van der Waals surface area (Å²) in [5, 5.41) is 2.69. The van der Waals surface area contributed by atoms with Gasteiger partial charge < -0.3 is 25.3 Å². The van der Waals surface area contributed by atoms with Crippen molar-refractivity contribution in [2.45, 2.75) is 43.9 Å². The number of anilines is 1. The Balaban J connectivity index is 1.50. The fourth-order valence-corrected chi connectivity index (χ4v) is 4.02. The highest BCUT2D eigenvalue weighted by Gasteiger charge is 2.36. The number of hydrogen-bond acceptors (Lipinski definition) is 7. The molecular formula is C26H23F3N4O5. The number of ether oxygens (including phenoxy) is 3. The highest BCUT2D eigenvalue weighted by atomic mass is 19.4. The van der Waals surface area contributed by atoms with Crippen molar-refractivity contribution in [3.8, 4) is 23.0 Å². The zero-order chi connectivity index (χ0) is 27.0. The third kappa shape index (κ3) is 5.79. The molecule has 0 atom stereocenters. The molecule has 0 spiro atoms. The van der Waals surface area contributed by atoms with Gasteiger partial charge in [-0.2, -0.15) is 0 Å². The molecule has 9 nitrogen and oxygen atoms in total. The molecule has 2 aromatic heterocycles. The van der Waals surface area contributed by atoms with Crippen LogP contribution in [-0.2, 0) is 0 Å². The van der Waals surface area contributed by atoms with Crippen LogP contribution in [0, 0.1) is 0 Å². The number of alkyl halides is 3. The molecule has 2 fully saturated rings. The summed E-state index contributed by atoms with van der Waals surface area (Å²) in [5.74, 6) is -1.02. The normalized spacial score (nSPS) is 15.1. The van der Waals surface area contributed by atoms with Crippen LogP contribution in [0.3, 0.4) is 0 Å². The summed E-state index contributed by atoms with van der Waals surface area (Å²) in [6.45, 7) is 0. The van der Waals surface area contributed by atoms with Crippen LogP contribution < -0.4 is 25.3 Å². The highest BCUT2D eigenvalue weighted by Crippen LogP contribution is 2.50. The van der Waals surface area contributed by atoms with Gasteiger partial charge in [-0.3, -0.25) is 9.59 Å². The van der Waals surface area contributed by atoms with Crippen molar-refractivity contribution in [2.24, 2.45) is 5.73 Å². The summed E-state index contributed by atoms with van der Waals surface area (Å²) < 4.78 is 53.2. The van der Waals surface area contributed by atoms with Crippen molar-refractivity contribution in [3.63, 3.8) is 0 Å². The number of halogens is 3. The van der Waals surface area contributed by atoms with E-state index in [2.05, 4.69) is 15.0 Å². The van der Waals surface area contributed by atoms with E-state index in [1.165, 1.54) is 31.5 Å². The standard InChI is InChI=1S/C26H23F3N4O5/c1-36-20-10-16(38-26(27,28)29)7-9-19(20)37-21-11-17(13-2-3-13)22(14-4-5-14)33-23(21)25(35)32-15-6-8-18(24(30)34)31-12-15/h6-14H,2-5H2,1H3,(H2,30,34)(H,32,35). The Bertz CT molecular complexity index is 1390. The van der Waals surface area contributed by atoms with Crippen LogP contribution in [0.1, 0.15) is 69.8 Å². The van der Waals surface area contributed by atoms with Gasteiger partial charge in [-0.1, -0.05) is 0 Å². The van der Waals surface area contributed by atoms with Crippen LogP contribution >= 0.6 is 0 Å². The number of methoxy groups -OCH3 is 1. The predicted octanol–water partition coefficient (Wildman–Crippen LogP) is 5.28. The van der Waals surface area contributed by atoms with E-state index in [0.717, 1.165) is 49.1 Å². The van der Waals surface area contributed by atoms with Gasteiger partial charge in [0, 0.05) is 17.7 Å². The monoisotopic (exact) mass is 528 g/mol. The maximum absolute atomic E-state index is 13.4. The summed E-state index contributed by atoms with van der Waals surface area (Å²) in [7, 11) is 1.28. The Labute approximate surface area is 215 Å². The van der Waals surface area contributed by atoms with Gasteiger partial charge in [0.2, 0.25) is 0 Å². The van der Waals surface area contributed by atoms with Crippen LogP contribution in [-0.4, -0.2) is 35.3 Å². The van der Waals surface area contributed by atoms with E-state index in [9.17, 15) is 22.8 Å². The first-order valence-electron chi connectivity index (χ1n) is 11.8. The molecule has 0 bridgehead atoms. The molecule has 38 heavy (non-hydrogen) atoms. The summed E-state index contributed by atoms with van der Waals surface area (Å²) in [6.07, 6.45) is 0.363.